The predicted octanol–water partition coefficient (Wildman–Crippen LogP) is 3.95. The molecule has 4 heteroatoms. The molecule has 0 atom stereocenters. The van der Waals surface area contributed by atoms with Crippen molar-refractivity contribution in [2.45, 2.75) is 39.0 Å². The molecule has 20 heavy (non-hydrogen) atoms. The normalized spacial score (nSPS) is 17.1. The summed E-state index contributed by atoms with van der Waals surface area (Å²) < 4.78 is 0.911. The Kier molecular flexibility index (Phi) is 5.61. The molecular formula is C16H23BrN2O. The Morgan fingerprint density at radius 3 is 2.65 bits per heavy atom. The smallest absolute Gasteiger partial charge is 0.238 e. The molecule has 0 heterocycles. The zero-order valence-electron chi connectivity index (χ0n) is 12.0. The van der Waals surface area contributed by atoms with Crippen molar-refractivity contribution in [1.29, 1.82) is 0 Å². The lowest BCUT2D eigenvalue weighted by Crippen LogP contribution is -2.36. The first kappa shape index (κ1) is 15.5. The predicted molar refractivity (Wildman–Crippen MR) is 86.8 cm³/mol. The Morgan fingerprint density at radius 2 is 2.00 bits per heavy atom. The molecule has 0 aliphatic heterocycles. The molecule has 1 aromatic rings. The molecular weight excluding hydrogens is 316 g/mol. The Morgan fingerprint density at radius 1 is 1.30 bits per heavy atom. The fraction of sp³-hybridized carbons (Fsp3) is 0.562. The van der Waals surface area contributed by atoms with Crippen molar-refractivity contribution in [3.8, 4) is 0 Å². The number of benzene rings is 1. The standard InChI is InChI=1S/C16H23BrN2O/c1-2-16(9-5-6-10-16)12-18-11-15(20)19-14-8-4-3-7-13(14)17/h3-4,7-8,18H,2,5-6,9-12H2,1H3,(H,19,20). The molecule has 0 unspecified atom stereocenters. The van der Waals surface area contributed by atoms with Crippen molar-refractivity contribution in [2.75, 3.05) is 18.4 Å². The maximum Gasteiger partial charge on any atom is 0.238 e. The van der Waals surface area contributed by atoms with Crippen LogP contribution in [0.1, 0.15) is 39.0 Å². The largest absolute Gasteiger partial charge is 0.324 e. The molecule has 0 saturated heterocycles. The minimum Gasteiger partial charge on any atom is -0.324 e. The van der Waals surface area contributed by atoms with Crippen LogP contribution >= 0.6 is 15.9 Å². The van der Waals surface area contributed by atoms with Gasteiger partial charge in [-0.3, -0.25) is 4.79 Å². The van der Waals surface area contributed by atoms with Crippen molar-refractivity contribution in [2.24, 2.45) is 5.41 Å². The van der Waals surface area contributed by atoms with Crippen LogP contribution in [-0.2, 0) is 4.79 Å². The molecule has 1 aliphatic rings. The maximum atomic E-state index is 11.9. The Balaban J connectivity index is 1.77. The number of carbonyl (C=O) groups is 1. The van der Waals surface area contributed by atoms with Crippen LogP contribution in [0.5, 0.6) is 0 Å². The summed E-state index contributed by atoms with van der Waals surface area (Å²) in [6, 6.07) is 7.67. The Hall–Kier alpha value is -0.870. The maximum absolute atomic E-state index is 11.9. The molecule has 0 radical (unpaired) electrons. The number of anilines is 1. The van der Waals surface area contributed by atoms with Gasteiger partial charge in [0.15, 0.2) is 0 Å². The second-order valence-corrected chi connectivity index (χ2v) is 6.55. The van der Waals surface area contributed by atoms with Gasteiger partial charge >= 0.3 is 0 Å². The van der Waals surface area contributed by atoms with Crippen LogP contribution in [0, 0.1) is 5.41 Å². The van der Waals surface area contributed by atoms with Crippen LogP contribution in [0.4, 0.5) is 5.69 Å². The van der Waals surface area contributed by atoms with Gasteiger partial charge in [-0.05, 0) is 52.7 Å². The minimum absolute atomic E-state index is 0.0150. The number of hydrogen-bond donors (Lipinski definition) is 2. The van der Waals surface area contributed by atoms with Crippen molar-refractivity contribution in [3.63, 3.8) is 0 Å². The van der Waals surface area contributed by atoms with E-state index in [0.717, 1.165) is 16.7 Å². The number of amides is 1. The van der Waals surface area contributed by atoms with Gasteiger partial charge in [0.25, 0.3) is 0 Å². The minimum atomic E-state index is 0.0150. The van der Waals surface area contributed by atoms with Gasteiger partial charge < -0.3 is 10.6 Å². The van der Waals surface area contributed by atoms with Gasteiger partial charge in [0, 0.05) is 11.0 Å². The first-order valence-corrected chi connectivity index (χ1v) is 8.20. The number of hydrogen-bond acceptors (Lipinski definition) is 2. The summed E-state index contributed by atoms with van der Waals surface area (Å²) in [5.74, 6) is 0.0150. The lowest BCUT2D eigenvalue weighted by Gasteiger charge is -2.27. The third-order valence-corrected chi connectivity index (χ3v) is 5.04. The van der Waals surface area contributed by atoms with Gasteiger partial charge in [-0.1, -0.05) is 31.9 Å². The number of nitrogens with one attached hydrogen (secondary N) is 2. The highest BCUT2D eigenvalue weighted by Gasteiger charge is 2.31. The summed E-state index contributed by atoms with van der Waals surface area (Å²) in [5, 5.41) is 6.25. The zero-order valence-corrected chi connectivity index (χ0v) is 13.6. The van der Waals surface area contributed by atoms with E-state index in [1.807, 2.05) is 24.3 Å². The van der Waals surface area contributed by atoms with E-state index in [4.69, 9.17) is 0 Å². The number of rotatable bonds is 6. The van der Waals surface area contributed by atoms with Crippen molar-refractivity contribution < 1.29 is 4.79 Å². The highest BCUT2D eigenvalue weighted by molar-refractivity contribution is 9.10. The molecule has 1 saturated carbocycles. The van der Waals surface area contributed by atoms with Gasteiger partial charge in [0.1, 0.15) is 0 Å². The van der Waals surface area contributed by atoms with Crippen molar-refractivity contribution in [1.82, 2.24) is 5.32 Å². The molecule has 1 aliphatic carbocycles. The summed E-state index contributed by atoms with van der Waals surface area (Å²) in [6.45, 7) is 3.59. The molecule has 0 aromatic heterocycles. The first-order valence-electron chi connectivity index (χ1n) is 7.40. The van der Waals surface area contributed by atoms with Gasteiger partial charge in [-0.15, -0.1) is 0 Å². The Labute approximate surface area is 129 Å². The highest BCUT2D eigenvalue weighted by atomic mass is 79.9. The molecule has 1 aromatic carbocycles. The van der Waals surface area contributed by atoms with E-state index in [-0.39, 0.29) is 5.91 Å². The molecule has 3 nitrogen and oxygen atoms in total. The summed E-state index contributed by atoms with van der Waals surface area (Å²) in [6.07, 6.45) is 6.45. The van der Waals surface area contributed by atoms with E-state index in [2.05, 4.69) is 33.5 Å². The third kappa shape index (κ3) is 4.06. The highest BCUT2D eigenvalue weighted by Crippen LogP contribution is 2.40. The number of carbonyl (C=O) groups excluding carboxylic acids is 1. The zero-order chi connectivity index (χ0) is 14.4. The number of para-hydroxylation sites is 1. The molecule has 1 fully saturated rings. The summed E-state index contributed by atoms with van der Waals surface area (Å²) >= 11 is 3.43. The number of halogens is 1. The van der Waals surface area contributed by atoms with Gasteiger partial charge in [0.2, 0.25) is 5.91 Å². The molecule has 2 rings (SSSR count). The van der Waals surface area contributed by atoms with E-state index in [1.165, 1.54) is 32.1 Å². The average Bonchev–Trinajstić information content (AvgIpc) is 2.91. The van der Waals surface area contributed by atoms with Crippen LogP contribution in [0.2, 0.25) is 0 Å². The fourth-order valence-electron chi connectivity index (χ4n) is 2.98. The van der Waals surface area contributed by atoms with Crippen molar-refractivity contribution >= 4 is 27.5 Å². The van der Waals surface area contributed by atoms with Gasteiger partial charge in [-0.2, -0.15) is 0 Å². The van der Waals surface area contributed by atoms with E-state index >= 15 is 0 Å². The van der Waals surface area contributed by atoms with Crippen LogP contribution in [0.3, 0.4) is 0 Å². The van der Waals surface area contributed by atoms with E-state index < -0.39 is 0 Å². The quantitative estimate of drug-likeness (QED) is 0.824. The van der Waals surface area contributed by atoms with Crippen LogP contribution in [-0.4, -0.2) is 19.0 Å². The van der Waals surface area contributed by atoms with Gasteiger partial charge in [-0.25, -0.2) is 0 Å². The third-order valence-electron chi connectivity index (χ3n) is 4.35. The second-order valence-electron chi connectivity index (χ2n) is 5.69. The van der Waals surface area contributed by atoms with Crippen LogP contribution in [0.25, 0.3) is 0 Å². The first-order chi connectivity index (χ1) is 9.65. The van der Waals surface area contributed by atoms with Crippen LogP contribution < -0.4 is 10.6 Å². The van der Waals surface area contributed by atoms with E-state index in [9.17, 15) is 4.79 Å². The molecule has 110 valence electrons. The molecule has 0 spiro atoms. The fourth-order valence-corrected chi connectivity index (χ4v) is 3.36. The van der Waals surface area contributed by atoms with Crippen molar-refractivity contribution in [3.05, 3.63) is 28.7 Å². The average molecular weight is 339 g/mol. The molecule has 1 amide bonds. The second kappa shape index (κ2) is 7.23. The summed E-state index contributed by atoms with van der Waals surface area (Å²) in [4.78, 5) is 11.9. The van der Waals surface area contributed by atoms with Crippen LogP contribution in [0.15, 0.2) is 28.7 Å². The lowest BCUT2D eigenvalue weighted by atomic mass is 9.83. The Bertz CT molecular complexity index is 456. The van der Waals surface area contributed by atoms with E-state index in [0.29, 0.717) is 12.0 Å². The van der Waals surface area contributed by atoms with E-state index in [1.54, 1.807) is 0 Å². The SMILES string of the molecule is CCC1(CNCC(=O)Nc2ccccc2Br)CCCC1. The molecule has 2 N–H and O–H groups in total. The topological polar surface area (TPSA) is 41.1 Å². The molecule has 0 bridgehead atoms. The summed E-state index contributed by atoms with van der Waals surface area (Å²) in [5.41, 5.74) is 1.25. The monoisotopic (exact) mass is 338 g/mol. The lowest BCUT2D eigenvalue weighted by molar-refractivity contribution is -0.115. The van der Waals surface area contributed by atoms with Gasteiger partial charge in [0.05, 0.1) is 12.2 Å². The summed E-state index contributed by atoms with van der Waals surface area (Å²) in [7, 11) is 0.